The summed E-state index contributed by atoms with van der Waals surface area (Å²) in [7, 11) is 0. The minimum absolute atomic E-state index is 0.153. The molecule has 1 saturated heterocycles. The first-order chi connectivity index (χ1) is 16.4. The normalized spacial score (nSPS) is 16.8. The van der Waals surface area contributed by atoms with Gasteiger partial charge in [0.05, 0.1) is 15.3 Å². The maximum absolute atomic E-state index is 13.5. The van der Waals surface area contributed by atoms with Crippen molar-refractivity contribution in [1.82, 2.24) is 0 Å². The molecule has 1 atom stereocenters. The zero-order valence-corrected chi connectivity index (χ0v) is 20.4. The molecule has 0 aromatic heterocycles. The Morgan fingerprint density at radius 2 is 1.82 bits per heavy atom. The monoisotopic (exact) mass is 507 g/mol. The Kier molecular flexibility index (Phi) is 7.28. The van der Waals surface area contributed by atoms with Crippen LogP contribution >= 0.6 is 35.0 Å². The molecule has 170 valence electrons. The number of halogens is 2. The molecule has 1 heterocycles. The number of nitriles is 1. The molecule has 3 aromatic carbocycles. The quantitative estimate of drug-likeness (QED) is 0.321. The third kappa shape index (κ3) is 5.13. The summed E-state index contributed by atoms with van der Waals surface area (Å²) >= 11 is 13.2. The van der Waals surface area contributed by atoms with Crippen LogP contribution < -0.4 is 10.2 Å². The number of anilines is 2. The van der Waals surface area contributed by atoms with Crippen LogP contribution in [0.4, 0.5) is 11.4 Å². The molecule has 0 saturated carbocycles. The number of amides is 2. The highest BCUT2D eigenvalue weighted by Crippen LogP contribution is 2.42. The van der Waals surface area contributed by atoms with Gasteiger partial charge in [0.1, 0.15) is 16.7 Å². The summed E-state index contributed by atoms with van der Waals surface area (Å²) in [6.07, 6.45) is 0.477. The van der Waals surface area contributed by atoms with Gasteiger partial charge in [0.2, 0.25) is 5.91 Å². The van der Waals surface area contributed by atoms with E-state index < -0.39 is 11.2 Å². The summed E-state index contributed by atoms with van der Waals surface area (Å²) in [5, 5.41) is 13.1. The number of thioether (sulfide) groups is 1. The molecular weight excluding hydrogens is 489 g/mol. The third-order valence-electron chi connectivity index (χ3n) is 5.20. The number of benzene rings is 3. The minimum atomic E-state index is -0.631. The predicted molar refractivity (Wildman–Crippen MR) is 138 cm³/mol. The van der Waals surface area contributed by atoms with Crippen LogP contribution in [0.3, 0.4) is 0 Å². The number of nitrogens with one attached hydrogen (secondary N) is 1. The van der Waals surface area contributed by atoms with E-state index in [2.05, 4.69) is 5.32 Å². The fraction of sp³-hybridized carbons (Fsp3) is 0.115. The Hall–Kier alpha value is -3.24. The molecule has 0 spiro atoms. The van der Waals surface area contributed by atoms with Crippen molar-refractivity contribution in [3.8, 4) is 6.07 Å². The summed E-state index contributed by atoms with van der Waals surface area (Å²) in [6, 6.07) is 23.6. The van der Waals surface area contributed by atoms with E-state index in [1.807, 2.05) is 43.3 Å². The molecule has 3 aromatic rings. The highest BCUT2D eigenvalue weighted by Gasteiger charge is 2.40. The van der Waals surface area contributed by atoms with Crippen molar-refractivity contribution in [1.29, 1.82) is 5.26 Å². The maximum atomic E-state index is 13.5. The first-order valence-corrected chi connectivity index (χ1v) is 12.0. The second kappa shape index (κ2) is 10.4. The zero-order valence-electron chi connectivity index (χ0n) is 18.1. The van der Waals surface area contributed by atoms with Crippen LogP contribution in [0.1, 0.15) is 11.1 Å². The van der Waals surface area contributed by atoms with Crippen molar-refractivity contribution in [3.63, 3.8) is 0 Å². The second-order valence-corrected chi connectivity index (χ2v) is 9.69. The standard InChI is InChI=1S/C26H19Cl2N3O2S/c1-16-6-5-7-17(12-16)13-23-25(33)31(19-8-3-2-4-9-19)26(34-23)20(15-29)24(32)30-18-10-11-21(27)22(28)14-18/h2-12,14,23H,13H2,1H3,(H,30,32)/b26-20-. The number of rotatable bonds is 5. The van der Waals surface area contributed by atoms with E-state index in [-0.39, 0.29) is 16.5 Å². The van der Waals surface area contributed by atoms with Gasteiger partial charge in [-0.05, 0) is 49.2 Å². The van der Waals surface area contributed by atoms with Crippen molar-refractivity contribution in [2.75, 3.05) is 10.2 Å². The fourth-order valence-corrected chi connectivity index (χ4v) is 5.23. The topological polar surface area (TPSA) is 73.2 Å². The largest absolute Gasteiger partial charge is 0.321 e. The molecule has 1 aliphatic heterocycles. The first kappa shape index (κ1) is 23.9. The molecule has 4 rings (SSSR count). The number of para-hydroxylation sites is 1. The summed E-state index contributed by atoms with van der Waals surface area (Å²) in [5.41, 5.74) is 2.95. The number of hydrogen-bond acceptors (Lipinski definition) is 4. The van der Waals surface area contributed by atoms with Gasteiger partial charge in [-0.15, -0.1) is 0 Å². The molecule has 1 N–H and O–H groups in total. The van der Waals surface area contributed by atoms with Gasteiger partial charge in [-0.3, -0.25) is 14.5 Å². The Labute approximate surface area is 212 Å². The van der Waals surface area contributed by atoms with E-state index >= 15 is 0 Å². The highest BCUT2D eigenvalue weighted by molar-refractivity contribution is 8.05. The van der Waals surface area contributed by atoms with Crippen LogP contribution in [0.2, 0.25) is 10.0 Å². The maximum Gasteiger partial charge on any atom is 0.269 e. The Morgan fingerprint density at radius 1 is 1.06 bits per heavy atom. The summed E-state index contributed by atoms with van der Waals surface area (Å²) < 4.78 is 0. The smallest absolute Gasteiger partial charge is 0.269 e. The number of aryl methyl sites for hydroxylation is 1. The molecule has 1 aliphatic rings. The Balaban J connectivity index is 1.71. The molecular formula is C26H19Cl2N3O2S. The van der Waals surface area contributed by atoms with E-state index in [1.165, 1.54) is 22.7 Å². The van der Waals surface area contributed by atoms with Gasteiger partial charge in [-0.1, -0.05) is 83.0 Å². The van der Waals surface area contributed by atoms with Crippen molar-refractivity contribution in [2.24, 2.45) is 0 Å². The van der Waals surface area contributed by atoms with Gasteiger partial charge in [0.15, 0.2) is 0 Å². The summed E-state index contributed by atoms with van der Waals surface area (Å²) in [4.78, 5) is 28.0. The van der Waals surface area contributed by atoms with E-state index in [0.717, 1.165) is 11.1 Å². The zero-order chi connectivity index (χ0) is 24.2. The van der Waals surface area contributed by atoms with Crippen LogP contribution in [0.15, 0.2) is 83.4 Å². The average Bonchev–Trinajstić information content (AvgIpc) is 3.13. The molecule has 0 bridgehead atoms. The van der Waals surface area contributed by atoms with E-state index in [1.54, 1.807) is 36.4 Å². The minimum Gasteiger partial charge on any atom is -0.321 e. The molecule has 1 unspecified atom stereocenters. The van der Waals surface area contributed by atoms with Crippen LogP contribution in [0.25, 0.3) is 0 Å². The van der Waals surface area contributed by atoms with E-state index in [9.17, 15) is 14.9 Å². The molecule has 1 fully saturated rings. The number of nitrogens with zero attached hydrogens (tertiary/aromatic N) is 2. The van der Waals surface area contributed by atoms with Gasteiger partial charge < -0.3 is 5.32 Å². The molecule has 0 aliphatic carbocycles. The number of hydrogen-bond donors (Lipinski definition) is 1. The van der Waals surface area contributed by atoms with Gasteiger partial charge in [0, 0.05) is 11.4 Å². The van der Waals surface area contributed by atoms with Gasteiger partial charge in [-0.25, -0.2) is 0 Å². The van der Waals surface area contributed by atoms with E-state index in [4.69, 9.17) is 23.2 Å². The first-order valence-electron chi connectivity index (χ1n) is 10.4. The fourth-order valence-electron chi connectivity index (χ4n) is 3.62. The number of carbonyl (C=O) groups is 2. The lowest BCUT2D eigenvalue weighted by Crippen LogP contribution is -2.30. The van der Waals surface area contributed by atoms with Crippen molar-refractivity contribution < 1.29 is 9.59 Å². The van der Waals surface area contributed by atoms with Gasteiger partial charge in [0.25, 0.3) is 5.91 Å². The lowest BCUT2D eigenvalue weighted by atomic mass is 10.1. The highest BCUT2D eigenvalue weighted by atomic mass is 35.5. The molecule has 8 heteroatoms. The lowest BCUT2D eigenvalue weighted by molar-refractivity contribution is -0.117. The van der Waals surface area contributed by atoms with Gasteiger partial charge >= 0.3 is 0 Å². The van der Waals surface area contributed by atoms with Crippen molar-refractivity contribution in [2.45, 2.75) is 18.6 Å². The third-order valence-corrected chi connectivity index (χ3v) is 7.20. The van der Waals surface area contributed by atoms with Crippen LogP contribution in [-0.4, -0.2) is 17.1 Å². The molecule has 0 radical (unpaired) electrons. The Morgan fingerprint density at radius 3 is 2.50 bits per heavy atom. The van der Waals surface area contributed by atoms with Crippen LogP contribution in [0.5, 0.6) is 0 Å². The van der Waals surface area contributed by atoms with Crippen LogP contribution in [-0.2, 0) is 16.0 Å². The summed E-state index contributed by atoms with van der Waals surface area (Å²) in [6.45, 7) is 2.00. The predicted octanol–water partition coefficient (Wildman–Crippen LogP) is 6.37. The average molecular weight is 508 g/mol. The molecule has 2 amide bonds. The Bertz CT molecular complexity index is 1340. The van der Waals surface area contributed by atoms with Crippen LogP contribution in [0, 0.1) is 18.3 Å². The second-order valence-electron chi connectivity index (χ2n) is 7.68. The SMILES string of the molecule is Cc1cccc(CC2S/C(=C(/C#N)C(=O)Nc3ccc(Cl)c(Cl)c3)N(c3ccccc3)C2=O)c1. The molecule has 5 nitrogen and oxygen atoms in total. The van der Waals surface area contributed by atoms with Crippen molar-refractivity contribution >= 4 is 58.2 Å². The van der Waals surface area contributed by atoms with E-state index in [0.29, 0.717) is 27.8 Å². The lowest BCUT2D eigenvalue weighted by Gasteiger charge is -2.18. The summed E-state index contributed by atoms with van der Waals surface area (Å²) in [5.74, 6) is -0.809. The number of carbonyl (C=O) groups excluding carboxylic acids is 2. The molecule has 34 heavy (non-hydrogen) atoms. The van der Waals surface area contributed by atoms with Gasteiger partial charge in [-0.2, -0.15) is 5.26 Å². The van der Waals surface area contributed by atoms with Crippen molar-refractivity contribution in [3.05, 3.63) is 105 Å².